The molecule has 0 aliphatic rings. The van der Waals surface area contributed by atoms with E-state index in [0.29, 0.717) is 6.07 Å². The average molecular weight is 293 g/mol. The third-order valence-electron chi connectivity index (χ3n) is 2.40. The van der Waals surface area contributed by atoms with Crippen LogP contribution in [-0.4, -0.2) is 25.5 Å². The summed E-state index contributed by atoms with van der Waals surface area (Å²) >= 11 is 0. The molecule has 1 unspecified atom stereocenters. The normalized spacial score (nSPS) is 13.5. The fourth-order valence-electron chi connectivity index (χ4n) is 1.40. The van der Waals surface area contributed by atoms with Gasteiger partial charge in [-0.15, -0.1) is 0 Å². The molecule has 0 amide bonds. The van der Waals surface area contributed by atoms with Gasteiger partial charge in [0.25, 0.3) is 0 Å². The lowest BCUT2D eigenvalue weighted by Crippen LogP contribution is -2.44. The molecular formula is C11H13F2NO4S. The van der Waals surface area contributed by atoms with Crippen molar-refractivity contribution in [1.82, 2.24) is 4.72 Å². The average Bonchev–Trinajstić information content (AvgIpc) is 2.24. The minimum atomic E-state index is -4.37. The molecule has 1 aromatic rings. The Morgan fingerprint density at radius 1 is 1.32 bits per heavy atom. The molecule has 106 valence electrons. The van der Waals surface area contributed by atoms with Crippen LogP contribution < -0.4 is 4.72 Å². The van der Waals surface area contributed by atoms with Crippen LogP contribution in [0.4, 0.5) is 8.78 Å². The van der Waals surface area contributed by atoms with Crippen molar-refractivity contribution in [3.63, 3.8) is 0 Å². The molecule has 0 radical (unpaired) electrons. The van der Waals surface area contributed by atoms with Gasteiger partial charge in [0, 0.05) is 6.07 Å². The fraction of sp³-hybridized carbons (Fsp3) is 0.364. The Morgan fingerprint density at radius 3 is 2.32 bits per heavy atom. The van der Waals surface area contributed by atoms with Crippen LogP contribution in [0.3, 0.4) is 0 Å². The van der Waals surface area contributed by atoms with Gasteiger partial charge in [-0.25, -0.2) is 17.2 Å². The number of sulfonamides is 1. The van der Waals surface area contributed by atoms with E-state index in [9.17, 15) is 22.0 Å². The van der Waals surface area contributed by atoms with E-state index in [4.69, 9.17) is 5.11 Å². The zero-order valence-corrected chi connectivity index (χ0v) is 11.0. The van der Waals surface area contributed by atoms with Gasteiger partial charge in [-0.1, -0.05) is 13.8 Å². The zero-order valence-electron chi connectivity index (χ0n) is 10.2. The number of nitrogens with one attached hydrogen (secondary N) is 1. The highest BCUT2D eigenvalue weighted by Gasteiger charge is 2.29. The van der Waals surface area contributed by atoms with E-state index >= 15 is 0 Å². The van der Waals surface area contributed by atoms with Gasteiger partial charge in [0.1, 0.15) is 22.6 Å². The Kier molecular flexibility index (Phi) is 4.59. The lowest BCUT2D eigenvalue weighted by Gasteiger charge is -2.18. The molecule has 0 aromatic heterocycles. The molecule has 1 atom stereocenters. The maximum atomic E-state index is 13.4. The molecule has 19 heavy (non-hydrogen) atoms. The van der Waals surface area contributed by atoms with Gasteiger partial charge in [0.05, 0.1) is 0 Å². The Bertz CT molecular complexity index is 586. The fourth-order valence-corrected chi connectivity index (χ4v) is 2.79. The summed E-state index contributed by atoms with van der Waals surface area (Å²) in [4.78, 5) is 10.1. The highest BCUT2D eigenvalue weighted by atomic mass is 32.2. The maximum Gasteiger partial charge on any atom is 0.322 e. The van der Waals surface area contributed by atoms with Crippen molar-refractivity contribution in [3.05, 3.63) is 29.8 Å². The molecule has 1 aromatic carbocycles. The van der Waals surface area contributed by atoms with Crippen LogP contribution in [-0.2, 0) is 14.8 Å². The van der Waals surface area contributed by atoms with E-state index in [0.717, 1.165) is 12.1 Å². The minimum absolute atomic E-state index is 0.416. The molecule has 5 nitrogen and oxygen atoms in total. The lowest BCUT2D eigenvalue weighted by atomic mass is 10.1. The first-order valence-corrected chi connectivity index (χ1v) is 6.83. The molecule has 0 spiro atoms. The van der Waals surface area contributed by atoms with E-state index in [-0.39, 0.29) is 0 Å². The summed E-state index contributed by atoms with van der Waals surface area (Å²) in [7, 11) is -4.37. The van der Waals surface area contributed by atoms with Crippen LogP contribution in [0.25, 0.3) is 0 Å². The summed E-state index contributed by atoms with van der Waals surface area (Å²) in [6.07, 6.45) is 0. The van der Waals surface area contributed by atoms with Crippen molar-refractivity contribution in [2.45, 2.75) is 24.8 Å². The molecule has 0 aliphatic carbocycles. The third-order valence-corrected chi connectivity index (χ3v) is 3.87. The van der Waals surface area contributed by atoms with Gasteiger partial charge in [-0.3, -0.25) is 4.79 Å². The van der Waals surface area contributed by atoms with Crippen molar-refractivity contribution < 1.29 is 27.1 Å². The summed E-state index contributed by atoms with van der Waals surface area (Å²) in [5.41, 5.74) is 0. The van der Waals surface area contributed by atoms with E-state index in [2.05, 4.69) is 0 Å². The number of halogens is 2. The molecule has 2 N–H and O–H groups in total. The molecule has 8 heteroatoms. The number of carboxylic acid groups (broad SMARTS) is 1. The quantitative estimate of drug-likeness (QED) is 0.858. The third kappa shape index (κ3) is 3.71. The van der Waals surface area contributed by atoms with Crippen LogP contribution in [0.15, 0.2) is 23.1 Å². The summed E-state index contributed by atoms with van der Waals surface area (Å²) in [6.45, 7) is 3.00. The summed E-state index contributed by atoms with van der Waals surface area (Å²) < 4.78 is 51.7. The van der Waals surface area contributed by atoms with E-state index in [1.54, 1.807) is 0 Å². The molecule has 0 aliphatic heterocycles. The number of hydrogen-bond acceptors (Lipinski definition) is 3. The Balaban J connectivity index is 3.14. The molecule has 0 saturated heterocycles. The topological polar surface area (TPSA) is 83.5 Å². The number of hydrogen-bond donors (Lipinski definition) is 2. The van der Waals surface area contributed by atoms with Crippen molar-refractivity contribution >= 4 is 16.0 Å². The van der Waals surface area contributed by atoms with Gasteiger partial charge in [-0.05, 0) is 18.1 Å². The molecule has 1 rings (SSSR count). The van der Waals surface area contributed by atoms with Crippen LogP contribution in [0, 0.1) is 17.6 Å². The van der Waals surface area contributed by atoms with Crippen LogP contribution >= 0.6 is 0 Å². The van der Waals surface area contributed by atoms with Gasteiger partial charge in [0.15, 0.2) is 0 Å². The Hall–Kier alpha value is -1.54. The Labute approximate surface area is 109 Å². The first-order valence-electron chi connectivity index (χ1n) is 5.35. The number of benzene rings is 1. The number of rotatable bonds is 5. The minimum Gasteiger partial charge on any atom is -0.480 e. The summed E-state index contributed by atoms with van der Waals surface area (Å²) in [5, 5.41) is 8.89. The summed E-state index contributed by atoms with van der Waals surface area (Å²) in [5.74, 6) is -4.10. The van der Waals surface area contributed by atoms with Crippen LogP contribution in [0.2, 0.25) is 0 Å². The number of aliphatic carboxylic acids is 1. The Morgan fingerprint density at radius 2 is 1.89 bits per heavy atom. The number of carbonyl (C=O) groups is 1. The van der Waals surface area contributed by atoms with Crippen molar-refractivity contribution in [2.24, 2.45) is 5.92 Å². The van der Waals surface area contributed by atoms with Crippen molar-refractivity contribution in [2.75, 3.05) is 0 Å². The second-order valence-corrected chi connectivity index (χ2v) is 5.94. The lowest BCUT2D eigenvalue weighted by molar-refractivity contribution is -0.140. The van der Waals surface area contributed by atoms with Gasteiger partial charge >= 0.3 is 5.97 Å². The monoisotopic (exact) mass is 293 g/mol. The summed E-state index contributed by atoms with van der Waals surface area (Å²) in [6, 6.07) is 0.545. The predicted molar refractivity (Wildman–Crippen MR) is 62.9 cm³/mol. The van der Waals surface area contributed by atoms with Crippen LogP contribution in [0.1, 0.15) is 13.8 Å². The second-order valence-electron chi connectivity index (χ2n) is 4.26. The SMILES string of the molecule is CC(C)C(NS(=O)(=O)c1ccc(F)cc1F)C(=O)O. The van der Waals surface area contributed by atoms with Gasteiger partial charge in [-0.2, -0.15) is 4.72 Å². The van der Waals surface area contributed by atoms with E-state index in [1.165, 1.54) is 13.8 Å². The smallest absolute Gasteiger partial charge is 0.322 e. The van der Waals surface area contributed by atoms with Gasteiger partial charge < -0.3 is 5.11 Å². The van der Waals surface area contributed by atoms with E-state index < -0.39 is 44.5 Å². The molecule has 0 heterocycles. The van der Waals surface area contributed by atoms with E-state index in [1.807, 2.05) is 4.72 Å². The highest BCUT2D eigenvalue weighted by molar-refractivity contribution is 7.89. The first-order chi connectivity index (χ1) is 8.65. The van der Waals surface area contributed by atoms with Gasteiger partial charge in [0.2, 0.25) is 10.0 Å². The van der Waals surface area contributed by atoms with Crippen LogP contribution in [0.5, 0.6) is 0 Å². The maximum absolute atomic E-state index is 13.4. The van der Waals surface area contributed by atoms with Crippen molar-refractivity contribution in [3.8, 4) is 0 Å². The van der Waals surface area contributed by atoms with Crippen molar-refractivity contribution in [1.29, 1.82) is 0 Å². The molecule has 0 fully saturated rings. The second kappa shape index (κ2) is 5.62. The molecular weight excluding hydrogens is 280 g/mol. The predicted octanol–water partition coefficient (Wildman–Crippen LogP) is 1.35. The first kappa shape index (κ1) is 15.5. The number of carboxylic acids is 1. The largest absolute Gasteiger partial charge is 0.480 e. The molecule has 0 bridgehead atoms. The zero-order chi connectivity index (χ0) is 14.8. The standard InChI is InChI=1S/C11H13F2NO4S/c1-6(2)10(11(15)16)14-19(17,18)9-4-3-7(12)5-8(9)13/h3-6,10,14H,1-2H3,(H,15,16). The molecule has 0 saturated carbocycles. The highest BCUT2D eigenvalue weighted by Crippen LogP contribution is 2.17.